The summed E-state index contributed by atoms with van der Waals surface area (Å²) >= 11 is 1.55. The quantitative estimate of drug-likeness (QED) is 0.332. The number of aryl methyl sites for hydroxylation is 2. The van der Waals surface area contributed by atoms with Crippen molar-refractivity contribution in [3.8, 4) is 16.3 Å². The molecule has 0 aliphatic carbocycles. The van der Waals surface area contributed by atoms with E-state index in [0.29, 0.717) is 6.61 Å². The molecule has 3 rings (SSSR count). The first-order valence-electron chi connectivity index (χ1n) is 8.83. The van der Waals surface area contributed by atoms with E-state index in [-0.39, 0.29) is 5.96 Å². The van der Waals surface area contributed by atoms with Gasteiger partial charge in [-0.15, -0.1) is 11.3 Å². The van der Waals surface area contributed by atoms with Crippen molar-refractivity contribution < 1.29 is 4.74 Å². The molecular formula is C21H23N5OS. The Kier molecular flexibility index (Phi) is 6.06. The lowest BCUT2D eigenvalue weighted by molar-refractivity contribution is 0.306. The Balaban J connectivity index is 1.76. The molecule has 0 fully saturated rings. The summed E-state index contributed by atoms with van der Waals surface area (Å²) in [7, 11) is 0. The first-order valence-corrected chi connectivity index (χ1v) is 9.65. The van der Waals surface area contributed by atoms with Crippen LogP contribution in [0.2, 0.25) is 0 Å². The number of hydrogen-bond acceptors (Lipinski definition) is 5. The van der Waals surface area contributed by atoms with E-state index < -0.39 is 0 Å². The van der Waals surface area contributed by atoms with Crippen LogP contribution in [-0.2, 0) is 6.61 Å². The van der Waals surface area contributed by atoms with Crippen LogP contribution in [0.15, 0.2) is 53.6 Å². The van der Waals surface area contributed by atoms with Crippen LogP contribution < -0.4 is 15.9 Å². The number of guanidine groups is 1. The zero-order valence-corrected chi connectivity index (χ0v) is 16.9. The molecule has 0 bridgehead atoms. The van der Waals surface area contributed by atoms with Gasteiger partial charge in [0.25, 0.3) is 0 Å². The van der Waals surface area contributed by atoms with E-state index in [1.54, 1.807) is 11.3 Å². The molecule has 1 heterocycles. The van der Waals surface area contributed by atoms with Crippen LogP contribution in [-0.4, -0.2) is 16.7 Å². The summed E-state index contributed by atoms with van der Waals surface area (Å²) in [5, 5.41) is 12.2. The van der Waals surface area contributed by atoms with Gasteiger partial charge in [0.15, 0.2) is 0 Å². The largest absolute Gasteiger partial charge is 0.489 e. The second kappa shape index (κ2) is 8.67. The van der Waals surface area contributed by atoms with E-state index in [1.165, 1.54) is 5.56 Å². The Morgan fingerprint density at radius 3 is 2.68 bits per heavy atom. The molecular weight excluding hydrogens is 370 g/mol. The van der Waals surface area contributed by atoms with Gasteiger partial charge in [-0.05, 0) is 38.5 Å². The number of thiazole rings is 1. The molecule has 0 saturated carbocycles. The van der Waals surface area contributed by atoms with Crippen LogP contribution in [0.3, 0.4) is 0 Å². The number of nitrogens with one attached hydrogen (secondary N) is 2. The standard InChI is InChI=1S/C21H23N5OS/c1-13-7-9-16(10-8-13)12-27-18-6-4-5-17(11-18)20-24-14(2)19(28-20)15(3)25-26-21(22)23/h4-11H,12H2,1-3H3,(H4,22,23,26). The van der Waals surface area contributed by atoms with Gasteiger partial charge >= 0.3 is 0 Å². The van der Waals surface area contributed by atoms with Crippen LogP contribution in [0.1, 0.15) is 28.6 Å². The SMILES string of the molecule is CC(=NNC(=N)N)c1sc(-c2cccc(OCc3ccc(C)cc3)c2)nc1C. The minimum atomic E-state index is -0.194. The third-order valence-corrected chi connectivity index (χ3v) is 5.39. The first kappa shape index (κ1) is 19.6. The van der Waals surface area contributed by atoms with Crippen LogP contribution >= 0.6 is 11.3 Å². The number of rotatable bonds is 6. The fourth-order valence-electron chi connectivity index (χ4n) is 2.62. The number of hydrazone groups is 1. The summed E-state index contributed by atoms with van der Waals surface area (Å²) in [6.07, 6.45) is 0. The van der Waals surface area contributed by atoms with Crippen molar-refractivity contribution in [2.45, 2.75) is 27.4 Å². The van der Waals surface area contributed by atoms with E-state index in [9.17, 15) is 0 Å². The maximum Gasteiger partial charge on any atom is 0.206 e. The summed E-state index contributed by atoms with van der Waals surface area (Å²) < 4.78 is 5.95. The van der Waals surface area contributed by atoms with Gasteiger partial charge in [0.2, 0.25) is 5.96 Å². The van der Waals surface area contributed by atoms with Crippen molar-refractivity contribution in [2.24, 2.45) is 10.8 Å². The fourth-order valence-corrected chi connectivity index (χ4v) is 3.63. The lowest BCUT2D eigenvalue weighted by atomic mass is 10.2. The summed E-state index contributed by atoms with van der Waals surface area (Å²) in [5.74, 6) is 0.608. The lowest BCUT2D eigenvalue weighted by Crippen LogP contribution is -2.26. The van der Waals surface area contributed by atoms with Crippen molar-refractivity contribution in [1.29, 1.82) is 5.41 Å². The molecule has 0 radical (unpaired) electrons. The molecule has 2 aromatic carbocycles. The highest BCUT2D eigenvalue weighted by molar-refractivity contribution is 7.17. The van der Waals surface area contributed by atoms with Crippen molar-refractivity contribution in [3.63, 3.8) is 0 Å². The molecule has 0 saturated heterocycles. The summed E-state index contributed by atoms with van der Waals surface area (Å²) in [5.41, 5.74) is 12.7. The molecule has 6 nitrogen and oxygen atoms in total. The summed E-state index contributed by atoms with van der Waals surface area (Å²) in [4.78, 5) is 5.62. The van der Waals surface area contributed by atoms with Crippen molar-refractivity contribution in [3.05, 3.63) is 70.2 Å². The second-order valence-electron chi connectivity index (χ2n) is 6.46. The fraction of sp³-hybridized carbons (Fsp3) is 0.190. The molecule has 4 N–H and O–H groups in total. The Bertz CT molecular complexity index is 1010. The van der Waals surface area contributed by atoms with Crippen molar-refractivity contribution >= 4 is 23.0 Å². The molecule has 0 atom stereocenters. The maximum atomic E-state index is 7.21. The van der Waals surface area contributed by atoms with E-state index in [2.05, 4.69) is 46.7 Å². The monoisotopic (exact) mass is 393 g/mol. The van der Waals surface area contributed by atoms with Gasteiger partial charge in [0, 0.05) is 5.56 Å². The van der Waals surface area contributed by atoms with Crippen LogP contribution in [0.5, 0.6) is 5.75 Å². The van der Waals surface area contributed by atoms with E-state index >= 15 is 0 Å². The molecule has 3 aromatic rings. The number of aromatic nitrogens is 1. The topological polar surface area (TPSA) is 96.4 Å². The maximum absolute atomic E-state index is 7.21. The highest BCUT2D eigenvalue weighted by Crippen LogP contribution is 2.30. The molecule has 0 unspecified atom stereocenters. The average Bonchev–Trinajstić information content (AvgIpc) is 3.08. The molecule has 0 aliphatic heterocycles. The zero-order valence-electron chi connectivity index (χ0n) is 16.1. The Labute approximate surface area is 168 Å². The zero-order chi connectivity index (χ0) is 20.1. The minimum absolute atomic E-state index is 0.194. The van der Waals surface area contributed by atoms with E-state index in [0.717, 1.165) is 38.2 Å². The Morgan fingerprint density at radius 1 is 1.21 bits per heavy atom. The highest BCUT2D eigenvalue weighted by Gasteiger charge is 2.12. The average molecular weight is 394 g/mol. The number of ether oxygens (including phenoxy) is 1. The van der Waals surface area contributed by atoms with Gasteiger partial charge in [0.1, 0.15) is 17.4 Å². The van der Waals surface area contributed by atoms with Crippen molar-refractivity contribution in [2.75, 3.05) is 0 Å². The van der Waals surface area contributed by atoms with Gasteiger partial charge in [-0.2, -0.15) is 5.10 Å². The van der Waals surface area contributed by atoms with Crippen LogP contribution in [0.4, 0.5) is 0 Å². The second-order valence-corrected chi connectivity index (χ2v) is 7.46. The molecule has 7 heteroatoms. The summed E-state index contributed by atoms with van der Waals surface area (Å²) in [6.45, 7) is 6.40. The van der Waals surface area contributed by atoms with Gasteiger partial charge in [-0.3, -0.25) is 5.41 Å². The van der Waals surface area contributed by atoms with Crippen LogP contribution in [0, 0.1) is 19.3 Å². The first-order chi connectivity index (χ1) is 13.4. The predicted molar refractivity (Wildman–Crippen MR) is 115 cm³/mol. The number of nitrogens with two attached hydrogens (primary N) is 1. The van der Waals surface area contributed by atoms with Crippen LogP contribution in [0.25, 0.3) is 10.6 Å². The predicted octanol–water partition coefficient (Wildman–Crippen LogP) is 4.21. The molecule has 144 valence electrons. The minimum Gasteiger partial charge on any atom is -0.489 e. The number of benzene rings is 2. The Morgan fingerprint density at radius 2 is 1.96 bits per heavy atom. The number of hydrogen-bond donors (Lipinski definition) is 3. The molecule has 28 heavy (non-hydrogen) atoms. The third kappa shape index (κ3) is 4.95. The summed E-state index contributed by atoms with van der Waals surface area (Å²) in [6, 6.07) is 16.2. The molecule has 0 aliphatic rings. The third-order valence-electron chi connectivity index (χ3n) is 4.08. The van der Waals surface area contributed by atoms with Gasteiger partial charge in [0.05, 0.1) is 16.3 Å². The normalized spacial score (nSPS) is 11.3. The highest BCUT2D eigenvalue weighted by atomic mass is 32.1. The number of nitrogens with zero attached hydrogens (tertiary/aromatic N) is 2. The van der Waals surface area contributed by atoms with Gasteiger partial charge in [-0.1, -0.05) is 42.0 Å². The van der Waals surface area contributed by atoms with Gasteiger partial charge in [-0.25, -0.2) is 10.4 Å². The lowest BCUT2D eigenvalue weighted by Gasteiger charge is -2.07. The van der Waals surface area contributed by atoms with E-state index in [4.69, 9.17) is 15.9 Å². The van der Waals surface area contributed by atoms with Crippen molar-refractivity contribution in [1.82, 2.24) is 10.4 Å². The molecule has 0 spiro atoms. The molecule has 0 amide bonds. The van der Waals surface area contributed by atoms with Gasteiger partial charge < -0.3 is 10.5 Å². The molecule has 1 aromatic heterocycles. The Hall–Kier alpha value is -3.19. The van der Waals surface area contributed by atoms with E-state index in [1.807, 2.05) is 38.1 Å². The smallest absolute Gasteiger partial charge is 0.206 e.